The molecule has 98 valence electrons. The summed E-state index contributed by atoms with van der Waals surface area (Å²) in [6.45, 7) is 13.2. The maximum absolute atomic E-state index is 4.92. The van der Waals surface area contributed by atoms with Crippen molar-refractivity contribution in [3.63, 3.8) is 0 Å². The molecule has 2 aromatic rings. The van der Waals surface area contributed by atoms with Crippen molar-refractivity contribution in [1.29, 1.82) is 0 Å². The maximum atomic E-state index is 4.92. The zero-order valence-electron chi connectivity index (χ0n) is 12.2. The number of aromatic nitrogens is 3. The summed E-state index contributed by atoms with van der Waals surface area (Å²) in [5.41, 5.74) is 5.85. The molecule has 2 aromatic heterocycles. The predicted octanol–water partition coefficient (Wildman–Crippen LogP) is 4.33. The Kier molecular flexibility index (Phi) is 3.42. The van der Waals surface area contributed by atoms with Crippen molar-refractivity contribution >= 4 is 11.0 Å². The van der Waals surface area contributed by atoms with Crippen LogP contribution in [0, 0.1) is 0 Å². The lowest BCUT2D eigenvalue weighted by Crippen LogP contribution is -2.07. The minimum absolute atomic E-state index is 0.409. The van der Waals surface area contributed by atoms with Gasteiger partial charge < -0.3 is 4.98 Å². The van der Waals surface area contributed by atoms with Crippen LogP contribution in [0.3, 0.4) is 0 Å². The topological polar surface area (TPSA) is 41.6 Å². The fraction of sp³-hybridized carbons (Fsp3) is 0.600. The van der Waals surface area contributed by atoms with E-state index < -0.39 is 0 Å². The molecule has 0 atom stereocenters. The van der Waals surface area contributed by atoms with E-state index in [9.17, 15) is 0 Å². The van der Waals surface area contributed by atoms with Crippen LogP contribution in [0.4, 0.5) is 0 Å². The third-order valence-electron chi connectivity index (χ3n) is 3.34. The molecule has 2 rings (SSSR count). The van der Waals surface area contributed by atoms with Crippen molar-refractivity contribution < 1.29 is 0 Å². The summed E-state index contributed by atoms with van der Waals surface area (Å²) in [6, 6.07) is 0. The highest BCUT2D eigenvalue weighted by molar-refractivity contribution is 5.82. The predicted molar refractivity (Wildman–Crippen MR) is 76.2 cm³/mol. The first-order valence-electron chi connectivity index (χ1n) is 6.80. The number of hydrogen-bond acceptors (Lipinski definition) is 2. The van der Waals surface area contributed by atoms with Gasteiger partial charge in [-0.1, -0.05) is 41.5 Å². The molecule has 18 heavy (non-hydrogen) atoms. The van der Waals surface area contributed by atoms with Crippen LogP contribution in [0.2, 0.25) is 0 Å². The van der Waals surface area contributed by atoms with Crippen LogP contribution in [0.5, 0.6) is 0 Å². The average Bonchev–Trinajstić information content (AvgIpc) is 2.73. The van der Waals surface area contributed by atoms with Crippen LogP contribution >= 0.6 is 0 Å². The van der Waals surface area contributed by atoms with E-state index in [1.807, 2.05) is 0 Å². The van der Waals surface area contributed by atoms with E-state index in [4.69, 9.17) is 4.98 Å². The third-order valence-corrected chi connectivity index (χ3v) is 3.34. The number of aromatic amines is 1. The summed E-state index contributed by atoms with van der Waals surface area (Å²) in [4.78, 5) is 12.7. The molecular formula is C15H23N3. The van der Waals surface area contributed by atoms with Gasteiger partial charge in [-0.15, -0.1) is 0 Å². The number of H-pyrrole nitrogens is 1. The molecule has 0 amide bonds. The zero-order valence-corrected chi connectivity index (χ0v) is 12.2. The molecule has 0 aliphatic rings. The van der Waals surface area contributed by atoms with E-state index in [0.717, 1.165) is 16.7 Å². The van der Waals surface area contributed by atoms with E-state index in [1.54, 1.807) is 6.33 Å². The number of hydrogen-bond donors (Lipinski definition) is 1. The van der Waals surface area contributed by atoms with Crippen molar-refractivity contribution in [3.05, 3.63) is 23.3 Å². The second-order valence-electron chi connectivity index (χ2n) is 5.89. The number of fused-ring (bicyclic) bond motifs is 1. The first-order valence-corrected chi connectivity index (χ1v) is 6.80. The molecule has 3 heteroatoms. The van der Waals surface area contributed by atoms with Gasteiger partial charge in [-0.2, -0.15) is 0 Å². The first kappa shape index (κ1) is 13.1. The molecule has 1 N–H and O–H groups in total. The Morgan fingerprint density at radius 3 is 2.00 bits per heavy atom. The highest BCUT2D eigenvalue weighted by Crippen LogP contribution is 2.33. The number of nitrogens with zero attached hydrogens (tertiary/aromatic N) is 2. The van der Waals surface area contributed by atoms with Crippen LogP contribution in [0.25, 0.3) is 11.0 Å². The molecular weight excluding hydrogens is 222 g/mol. The number of imidazole rings is 1. The highest BCUT2D eigenvalue weighted by atomic mass is 14.9. The van der Waals surface area contributed by atoms with E-state index in [2.05, 4.69) is 51.5 Å². The van der Waals surface area contributed by atoms with Crippen molar-refractivity contribution in [2.24, 2.45) is 0 Å². The second-order valence-corrected chi connectivity index (χ2v) is 5.89. The van der Waals surface area contributed by atoms with Gasteiger partial charge in [-0.25, -0.2) is 4.98 Å². The molecule has 0 saturated carbocycles. The Labute approximate surface area is 109 Å². The number of rotatable bonds is 3. The van der Waals surface area contributed by atoms with Crippen LogP contribution in [-0.2, 0) is 0 Å². The number of pyridine rings is 1. The van der Waals surface area contributed by atoms with Crippen LogP contribution < -0.4 is 0 Å². The van der Waals surface area contributed by atoms with Crippen molar-refractivity contribution in [1.82, 2.24) is 15.0 Å². The second kappa shape index (κ2) is 4.71. The van der Waals surface area contributed by atoms with Crippen molar-refractivity contribution in [2.45, 2.75) is 59.3 Å². The Hall–Kier alpha value is -1.38. The van der Waals surface area contributed by atoms with E-state index >= 15 is 0 Å². The molecule has 2 heterocycles. The molecule has 0 radical (unpaired) electrons. The molecule has 0 spiro atoms. The Morgan fingerprint density at radius 2 is 1.50 bits per heavy atom. The third kappa shape index (κ3) is 2.02. The molecule has 3 nitrogen and oxygen atoms in total. The zero-order chi connectivity index (χ0) is 13.4. The Bertz CT molecular complexity index is 550. The molecule has 0 fully saturated rings. The molecule has 0 aliphatic heterocycles. The van der Waals surface area contributed by atoms with E-state index in [0.29, 0.717) is 17.8 Å². The molecule has 0 unspecified atom stereocenters. The summed E-state index contributed by atoms with van der Waals surface area (Å²) in [6.07, 6.45) is 1.79. The first-order chi connectivity index (χ1) is 8.43. The van der Waals surface area contributed by atoms with Gasteiger partial charge >= 0.3 is 0 Å². The largest absolute Gasteiger partial charge is 0.343 e. The fourth-order valence-electron chi connectivity index (χ4n) is 2.49. The summed E-state index contributed by atoms with van der Waals surface area (Å²) in [7, 11) is 0. The van der Waals surface area contributed by atoms with E-state index in [-0.39, 0.29) is 0 Å². The van der Waals surface area contributed by atoms with Crippen LogP contribution in [0.15, 0.2) is 6.33 Å². The monoisotopic (exact) mass is 245 g/mol. The van der Waals surface area contributed by atoms with Gasteiger partial charge in [0.05, 0.1) is 23.1 Å². The summed E-state index contributed by atoms with van der Waals surface area (Å²) < 4.78 is 0. The molecule has 0 aliphatic carbocycles. The van der Waals surface area contributed by atoms with Crippen molar-refractivity contribution in [3.8, 4) is 0 Å². The standard InChI is InChI=1S/C15H23N3/c1-8(2)11-12(9(3)4)18-13(10(5)6)15-14(11)16-7-17-15/h7-10H,1-6H3,(H,16,17). The Morgan fingerprint density at radius 1 is 0.889 bits per heavy atom. The fourth-order valence-corrected chi connectivity index (χ4v) is 2.49. The summed E-state index contributed by atoms with van der Waals surface area (Å²) in [5, 5.41) is 0. The van der Waals surface area contributed by atoms with Crippen molar-refractivity contribution in [2.75, 3.05) is 0 Å². The summed E-state index contributed by atoms with van der Waals surface area (Å²) in [5.74, 6) is 1.29. The van der Waals surface area contributed by atoms with Gasteiger partial charge in [0.15, 0.2) is 0 Å². The lowest BCUT2D eigenvalue weighted by Gasteiger charge is -2.18. The minimum atomic E-state index is 0.409. The van der Waals surface area contributed by atoms with E-state index in [1.165, 1.54) is 11.3 Å². The van der Waals surface area contributed by atoms with Gasteiger partial charge in [0.25, 0.3) is 0 Å². The lowest BCUT2D eigenvalue weighted by atomic mass is 9.92. The highest BCUT2D eigenvalue weighted by Gasteiger charge is 2.21. The number of nitrogens with one attached hydrogen (secondary N) is 1. The van der Waals surface area contributed by atoms with Gasteiger partial charge in [0.2, 0.25) is 0 Å². The van der Waals surface area contributed by atoms with Crippen LogP contribution in [0.1, 0.15) is 76.2 Å². The maximum Gasteiger partial charge on any atom is 0.0954 e. The smallest absolute Gasteiger partial charge is 0.0954 e. The van der Waals surface area contributed by atoms with Crippen LogP contribution in [-0.4, -0.2) is 15.0 Å². The molecule has 0 saturated heterocycles. The SMILES string of the molecule is CC(C)c1nc(C(C)C)c2[nH]cnc2c1C(C)C. The molecule has 0 aromatic carbocycles. The Balaban J connectivity index is 2.84. The average molecular weight is 245 g/mol. The van der Waals surface area contributed by atoms with Gasteiger partial charge in [-0.3, -0.25) is 4.98 Å². The quantitative estimate of drug-likeness (QED) is 0.874. The van der Waals surface area contributed by atoms with Gasteiger partial charge in [0.1, 0.15) is 0 Å². The normalized spacial score (nSPS) is 12.3. The van der Waals surface area contributed by atoms with Gasteiger partial charge in [-0.05, 0) is 17.8 Å². The van der Waals surface area contributed by atoms with Gasteiger partial charge in [0, 0.05) is 11.3 Å². The minimum Gasteiger partial charge on any atom is -0.343 e. The molecule has 0 bridgehead atoms. The summed E-state index contributed by atoms with van der Waals surface area (Å²) >= 11 is 0. The lowest BCUT2D eigenvalue weighted by molar-refractivity contribution is 0.735.